The molecular weight excluding hydrogens is 354 g/mol. The van der Waals surface area contributed by atoms with Crippen LogP contribution >= 0.6 is 0 Å². The quantitative estimate of drug-likeness (QED) is 0.645. The Kier molecular flexibility index (Phi) is 6.02. The highest BCUT2D eigenvalue weighted by atomic mass is 32.2. The third kappa shape index (κ3) is 4.90. The van der Waals surface area contributed by atoms with Gasteiger partial charge in [-0.25, -0.2) is 13.1 Å². The van der Waals surface area contributed by atoms with Gasteiger partial charge in [-0.3, -0.25) is 9.48 Å². The van der Waals surface area contributed by atoms with Crippen LogP contribution in [0.3, 0.4) is 0 Å². The summed E-state index contributed by atoms with van der Waals surface area (Å²) >= 11 is 0. The van der Waals surface area contributed by atoms with Crippen molar-refractivity contribution >= 4 is 15.9 Å². The maximum absolute atomic E-state index is 12.6. The van der Waals surface area contributed by atoms with E-state index in [-0.39, 0.29) is 16.8 Å². The van der Waals surface area contributed by atoms with Gasteiger partial charge in [0.15, 0.2) is 0 Å². The molecule has 2 aromatic rings. The maximum Gasteiger partial charge on any atom is 0.251 e. The maximum atomic E-state index is 12.6. The summed E-state index contributed by atoms with van der Waals surface area (Å²) in [5.41, 5.74) is 0.315. The van der Waals surface area contributed by atoms with Gasteiger partial charge in [-0.1, -0.05) is 6.07 Å². The first-order chi connectivity index (χ1) is 12.5. The third-order valence-corrected chi connectivity index (χ3v) is 5.73. The molecule has 1 amide bonds. The van der Waals surface area contributed by atoms with Gasteiger partial charge in [0.1, 0.15) is 0 Å². The molecule has 0 radical (unpaired) electrons. The fourth-order valence-electron chi connectivity index (χ4n) is 2.86. The summed E-state index contributed by atoms with van der Waals surface area (Å²) in [6.45, 7) is 2.48. The van der Waals surface area contributed by atoms with Crippen molar-refractivity contribution in [1.82, 2.24) is 25.1 Å². The first kappa shape index (κ1) is 18.6. The van der Waals surface area contributed by atoms with Crippen LogP contribution in [0.1, 0.15) is 23.2 Å². The second-order valence-corrected chi connectivity index (χ2v) is 7.93. The Labute approximate surface area is 153 Å². The molecule has 1 aromatic heterocycles. The summed E-state index contributed by atoms with van der Waals surface area (Å²) in [5.74, 6) is -0.312. The number of hydrogen-bond acceptors (Lipinski definition) is 5. The Hall–Kier alpha value is -2.23. The fraction of sp³-hybridized carbons (Fsp3) is 0.412. The average molecular weight is 377 g/mol. The van der Waals surface area contributed by atoms with Crippen molar-refractivity contribution in [2.75, 3.05) is 19.6 Å². The third-order valence-electron chi connectivity index (χ3n) is 4.21. The predicted octanol–water partition coefficient (Wildman–Crippen LogP) is 0.343. The van der Waals surface area contributed by atoms with E-state index in [0.29, 0.717) is 25.2 Å². The summed E-state index contributed by atoms with van der Waals surface area (Å²) in [6, 6.07) is 7.77. The zero-order chi connectivity index (χ0) is 18.4. The highest BCUT2D eigenvalue weighted by molar-refractivity contribution is 7.89. The largest absolute Gasteiger partial charge is 0.350 e. The molecule has 3 N–H and O–H groups in total. The SMILES string of the molecule is O=C(NCCn1cccn1)c1cccc(S(=O)(=O)N[C@@H]2CCCNC2)c1. The Morgan fingerprint density at radius 1 is 1.35 bits per heavy atom. The second kappa shape index (κ2) is 8.43. The topological polar surface area (TPSA) is 105 Å². The summed E-state index contributed by atoms with van der Waals surface area (Å²) in [6.07, 6.45) is 5.22. The van der Waals surface area contributed by atoms with Crippen molar-refractivity contribution in [3.63, 3.8) is 0 Å². The number of amides is 1. The molecule has 2 heterocycles. The van der Waals surface area contributed by atoms with Gasteiger partial charge in [0.05, 0.1) is 11.4 Å². The Bertz CT molecular complexity index is 830. The van der Waals surface area contributed by atoms with Crippen molar-refractivity contribution in [1.29, 1.82) is 0 Å². The van der Waals surface area contributed by atoms with Gasteiger partial charge < -0.3 is 10.6 Å². The predicted molar refractivity (Wildman–Crippen MR) is 97.2 cm³/mol. The Morgan fingerprint density at radius 3 is 2.96 bits per heavy atom. The molecule has 0 aliphatic carbocycles. The number of carbonyl (C=O) groups is 1. The van der Waals surface area contributed by atoms with Crippen molar-refractivity contribution in [2.45, 2.75) is 30.3 Å². The normalized spacial score (nSPS) is 17.8. The standard InChI is InChI=1S/C17H23N5O3S/c23-17(19-9-11-22-10-3-8-20-22)14-4-1-6-16(12-14)26(24,25)21-15-5-2-7-18-13-15/h1,3-4,6,8,10,12,15,18,21H,2,5,7,9,11,13H2,(H,19,23)/t15-/m1/s1. The minimum atomic E-state index is -3.66. The highest BCUT2D eigenvalue weighted by Gasteiger charge is 2.22. The fourth-order valence-corrected chi connectivity index (χ4v) is 4.18. The zero-order valence-electron chi connectivity index (χ0n) is 14.4. The average Bonchev–Trinajstić information content (AvgIpc) is 3.16. The first-order valence-electron chi connectivity index (χ1n) is 8.63. The second-order valence-electron chi connectivity index (χ2n) is 6.22. The van der Waals surface area contributed by atoms with E-state index in [1.54, 1.807) is 23.0 Å². The minimum Gasteiger partial charge on any atom is -0.350 e. The van der Waals surface area contributed by atoms with Crippen LogP contribution in [0.4, 0.5) is 0 Å². The number of piperidine rings is 1. The minimum absolute atomic E-state index is 0.0998. The molecule has 0 unspecified atom stereocenters. The van der Waals surface area contributed by atoms with Crippen LogP contribution in [-0.4, -0.2) is 49.8 Å². The van der Waals surface area contributed by atoms with Crippen LogP contribution in [-0.2, 0) is 16.6 Å². The number of hydrogen-bond donors (Lipinski definition) is 3. The van der Waals surface area contributed by atoms with Gasteiger partial charge in [-0.2, -0.15) is 5.10 Å². The van der Waals surface area contributed by atoms with Crippen molar-refractivity contribution in [3.05, 3.63) is 48.3 Å². The molecule has 0 bridgehead atoms. The van der Waals surface area contributed by atoms with E-state index in [1.165, 1.54) is 12.1 Å². The summed E-state index contributed by atoms with van der Waals surface area (Å²) in [4.78, 5) is 12.4. The van der Waals surface area contributed by atoms with E-state index in [4.69, 9.17) is 0 Å². The number of aromatic nitrogens is 2. The van der Waals surface area contributed by atoms with E-state index in [0.717, 1.165) is 19.4 Å². The summed E-state index contributed by atoms with van der Waals surface area (Å²) < 4.78 is 29.5. The molecule has 9 heteroatoms. The molecule has 3 rings (SSSR count). The molecule has 1 aromatic carbocycles. The van der Waals surface area contributed by atoms with Gasteiger partial charge in [0.25, 0.3) is 5.91 Å². The monoisotopic (exact) mass is 377 g/mol. The molecule has 1 fully saturated rings. The van der Waals surface area contributed by atoms with Gasteiger partial charge >= 0.3 is 0 Å². The van der Waals surface area contributed by atoms with Gasteiger partial charge in [0, 0.05) is 37.1 Å². The van der Waals surface area contributed by atoms with Crippen LogP contribution in [0.5, 0.6) is 0 Å². The van der Waals surface area contributed by atoms with Crippen LogP contribution in [0, 0.1) is 0 Å². The summed E-state index contributed by atoms with van der Waals surface area (Å²) in [5, 5.41) is 10.0. The molecule has 0 saturated carbocycles. The molecule has 1 atom stereocenters. The van der Waals surface area contributed by atoms with Crippen molar-refractivity contribution < 1.29 is 13.2 Å². The smallest absolute Gasteiger partial charge is 0.251 e. The lowest BCUT2D eigenvalue weighted by Gasteiger charge is -2.23. The molecule has 140 valence electrons. The number of rotatable bonds is 7. The van der Waals surface area contributed by atoms with Crippen molar-refractivity contribution in [2.24, 2.45) is 0 Å². The number of nitrogens with one attached hydrogen (secondary N) is 3. The van der Waals surface area contributed by atoms with E-state index in [1.807, 2.05) is 12.3 Å². The summed E-state index contributed by atoms with van der Waals surface area (Å²) in [7, 11) is -3.66. The van der Waals surface area contributed by atoms with Gasteiger partial charge in [-0.05, 0) is 43.7 Å². The molecule has 26 heavy (non-hydrogen) atoms. The Balaban J connectivity index is 1.61. The molecule has 1 saturated heterocycles. The number of benzene rings is 1. The van der Waals surface area contributed by atoms with Crippen LogP contribution < -0.4 is 15.4 Å². The van der Waals surface area contributed by atoms with Crippen molar-refractivity contribution in [3.8, 4) is 0 Å². The van der Waals surface area contributed by atoms with E-state index in [9.17, 15) is 13.2 Å². The zero-order valence-corrected chi connectivity index (χ0v) is 15.2. The molecule has 8 nitrogen and oxygen atoms in total. The van der Waals surface area contributed by atoms with E-state index in [2.05, 4.69) is 20.5 Å². The lowest BCUT2D eigenvalue weighted by atomic mass is 10.1. The number of carbonyl (C=O) groups excluding carboxylic acids is 1. The molecule has 1 aliphatic rings. The molecular formula is C17H23N5O3S. The van der Waals surface area contributed by atoms with Crippen LogP contribution in [0.25, 0.3) is 0 Å². The van der Waals surface area contributed by atoms with Gasteiger partial charge in [-0.15, -0.1) is 0 Å². The van der Waals surface area contributed by atoms with Crippen LogP contribution in [0.15, 0.2) is 47.6 Å². The van der Waals surface area contributed by atoms with Crippen LogP contribution in [0.2, 0.25) is 0 Å². The van der Waals surface area contributed by atoms with E-state index >= 15 is 0 Å². The lowest BCUT2D eigenvalue weighted by Crippen LogP contribution is -2.45. The van der Waals surface area contributed by atoms with Gasteiger partial charge in [0.2, 0.25) is 10.0 Å². The lowest BCUT2D eigenvalue weighted by molar-refractivity contribution is 0.0951. The molecule has 0 spiro atoms. The molecule has 1 aliphatic heterocycles. The number of sulfonamides is 1. The Morgan fingerprint density at radius 2 is 2.23 bits per heavy atom. The van der Waals surface area contributed by atoms with E-state index < -0.39 is 10.0 Å². The highest BCUT2D eigenvalue weighted by Crippen LogP contribution is 2.14. The first-order valence-corrected chi connectivity index (χ1v) is 10.1. The number of nitrogens with zero attached hydrogens (tertiary/aromatic N) is 2.